The van der Waals surface area contributed by atoms with E-state index in [1.165, 1.54) is 0 Å². The van der Waals surface area contributed by atoms with Gasteiger partial charge in [0.2, 0.25) is 5.72 Å². The van der Waals surface area contributed by atoms with Crippen molar-refractivity contribution in [3.8, 4) is 6.07 Å². The molecule has 4 heteroatoms. The predicted octanol–water partition coefficient (Wildman–Crippen LogP) is 1.29. The van der Waals surface area contributed by atoms with Gasteiger partial charge in [0.1, 0.15) is 12.7 Å². The van der Waals surface area contributed by atoms with Crippen LogP contribution in [0.5, 0.6) is 0 Å². The van der Waals surface area contributed by atoms with Crippen molar-refractivity contribution < 1.29 is 9.84 Å². The van der Waals surface area contributed by atoms with Gasteiger partial charge in [0.25, 0.3) is 0 Å². The lowest BCUT2D eigenvalue weighted by atomic mass is 9.93. The van der Waals surface area contributed by atoms with Crippen molar-refractivity contribution in [3.05, 3.63) is 22.6 Å². The Morgan fingerprint density at radius 1 is 1.50 bits per heavy atom. The van der Waals surface area contributed by atoms with E-state index in [2.05, 4.69) is 6.07 Å². The molecule has 0 radical (unpaired) electrons. The molecule has 1 saturated heterocycles. The van der Waals surface area contributed by atoms with Gasteiger partial charge in [-0.25, -0.2) is 0 Å². The minimum atomic E-state index is -0.678. The van der Waals surface area contributed by atoms with E-state index in [1.807, 2.05) is 6.92 Å². The summed E-state index contributed by atoms with van der Waals surface area (Å²) in [4.78, 5) is 1.62. The van der Waals surface area contributed by atoms with Crippen LogP contribution in [0.3, 0.4) is 0 Å². The van der Waals surface area contributed by atoms with Crippen LogP contribution in [0.25, 0.3) is 0 Å². The van der Waals surface area contributed by atoms with Crippen molar-refractivity contribution in [2.45, 2.75) is 19.6 Å². The maximum atomic E-state index is 9.79. The van der Waals surface area contributed by atoms with Gasteiger partial charge in [-0.05, 0) is 19.4 Å². The van der Waals surface area contributed by atoms with E-state index in [-0.39, 0.29) is 5.88 Å². The molecule has 0 aliphatic carbocycles. The summed E-state index contributed by atoms with van der Waals surface area (Å²) in [5.74, 6) is 0.194. The van der Waals surface area contributed by atoms with Crippen LogP contribution < -0.4 is 0 Å². The van der Waals surface area contributed by atoms with E-state index in [4.69, 9.17) is 10.00 Å². The number of epoxide rings is 1. The van der Waals surface area contributed by atoms with Crippen molar-refractivity contribution >= 4 is 0 Å². The van der Waals surface area contributed by atoms with Gasteiger partial charge in [-0.2, -0.15) is 5.26 Å². The fourth-order valence-corrected chi connectivity index (χ4v) is 1.82. The summed E-state index contributed by atoms with van der Waals surface area (Å²) in [6.45, 7) is 4.11. The molecule has 1 atom stereocenters. The topological polar surface area (TPSA) is 59.8 Å². The highest BCUT2D eigenvalue weighted by Crippen LogP contribution is 2.45. The first kappa shape index (κ1) is 9.10. The number of likely N-dealkylation sites (N-methyl/N-ethyl adjacent to an activating group) is 1. The fourth-order valence-electron chi connectivity index (χ4n) is 1.82. The molecule has 0 saturated carbocycles. The zero-order valence-electron chi connectivity index (χ0n) is 8.46. The van der Waals surface area contributed by atoms with Crippen LogP contribution in [-0.2, 0) is 4.74 Å². The Balaban J connectivity index is 2.60. The molecule has 2 aliphatic heterocycles. The highest BCUT2D eigenvalue weighted by Gasteiger charge is 2.56. The Labute approximate surface area is 82.7 Å². The van der Waals surface area contributed by atoms with Gasteiger partial charge < -0.3 is 14.7 Å². The van der Waals surface area contributed by atoms with Crippen molar-refractivity contribution in [1.29, 1.82) is 5.26 Å². The summed E-state index contributed by atoms with van der Waals surface area (Å²) in [6.07, 6.45) is 0. The van der Waals surface area contributed by atoms with Crippen LogP contribution >= 0.6 is 0 Å². The monoisotopic (exact) mass is 192 g/mol. The second kappa shape index (κ2) is 2.52. The average Bonchev–Trinajstić information content (AvgIpc) is 2.95. The SMILES string of the molecule is CC1=C(O)N(C)C2(CO2)C(C#N)=C1C. The molecule has 0 amide bonds. The summed E-state index contributed by atoms with van der Waals surface area (Å²) in [5, 5.41) is 18.8. The Hall–Kier alpha value is -1.47. The summed E-state index contributed by atoms with van der Waals surface area (Å²) < 4.78 is 5.29. The number of hydrogen-bond donors (Lipinski definition) is 1. The largest absolute Gasteiger partial charge is 0.494 e. The first-order valence-electron chi connectivity index (χ1n) is 4.44. The molecule has 1 fully saturated rings. The molecular formula is C10H12N2O2. The normalized spacial score (nSPS) is 31.1. The number of nitrogens with zero attached hydrogens (tertiary/aromatic N) is 2. The number of aliphatic hydroxyl groups excluding tert-OH is 1. The van der Waals surface area contributed by atoms with Gasteiger partial charge in [0.05, 0.1) is 5.57 Å². The number of nitriles is 1. The van der Waals surface area contributed by atoms with Gasteiger partial charge in [-0.3, -0.25) is 0 Å². The van der Waals surface area contributed by atoms with Gasteiger partial charge in [0.15, 0.2) is 5.88 Å². The molecule has 4 nitrogen and oxygen atoms in total. The minimum Gasteiger partial charge on any atom is -0.494 e. The Kier molecular flexibility index (Phi) is 1.64. The van der Waals surface area contributed by atoms with Gasteiger partial charge >= 0.3 is 0 Å². The number of aliphatic hydroxyl groups is 1. The molecule has 0 aromatic rings. The Morgan fingerprint density at radius 2 is 2.07 bits per heavy atom. The molecule has 74 valence electrons. The third kappa shape index (κ3) is 0.851. The third-order valence-electron chi connectivity index (χ3n) is 3.05. The first-order valence-corrected chi connectivity index (χ1v) is 4.44. The number of allylic oxidation sites excluding steroid dienone is 2. The molecule has 0 aromatic carbocycles. The van der Waals surface area contributed by atoms with Crippen molar-refractivity contribution in [2.24, 2.45) is 0 Å². The average molecular weight is 192 g/mol. The zero-order valence-corrected chi connectivity index (χ0v) is 8.46. The van der Waals surface area contributed by atoms with E-state index in [9.17, 15) is 5.11 Å². The lowest BCUT2D eigenvalue weighted by Gasteiger charge is -2.32. The molecule has 14 heavy (non-hydrogen) atoms. The van der Waals surface area contributed by atoms with Gasteiger partial charge in [0, 0.05) is 12.6 Å². The van der Waals surface area contributed by atoms with Crippen LogP contribution in [0.1, 0.15) is 13.8 Å². The van der Waals surface area contributed by atoms with E-state index < -0.39 is 5.72 Å². The Morgan fingerprint density at radius 3 is 2.50 bits per heavy atom. The molecule has 1 unspecified atom stereocenters. The molecule has 1 spiro atoms. The van der Waals surface area contributed by atoms with Crippen LogP contribution in [0.2, 0.25) is 0 Å². The summed E-state index contributed by atoms with van der Waals surface area (Å²) >= 11 is 0. The molecule has 2 rings (SSSR count). The van der Waals surface area contributed by atoms with E-state index in [1.54, 1.807) is 18.9 Å². The van der Waals surface area contributed by atoms with E-state index in [0.29, 0.717) is 12.2 Å². The third-order valence-corrected chi connectivity index (χ3v) is 3.05. The second-order valence-corrected chi connectivity index (χ2v) is 3.69. The first-order chi connectivity index (χ1) is 6.54. The predicted molar refractivity (Wildman–Crippen MR) is 50.1 cm³/mol. The van der Waals surface area contributed by atoms with E-state index >= 15 is 0 Å². The highest BCUT2D eigenvalue weighted by atomic mass is 16.6. The fraction of sp³-hybridized carbons (Fsp3) is 0.500. The number of ether oxygens (including phenoxy) is 1. The Bertz CT molecular complexity index is 397. The van der Waals surface area contributed by atoms with Gasteiger partial charge in [-0.1, -0.05) is 0 Å². The minimum absolute atomic E-state index is 0.194. The number of rotatable bonds is 0. The van der Waals surface area contributed by atoms with Crippen LogP contribution in [0.15, 0.2) is 22.6 Å². The molecule has 0 aromatic heterocycles. The summed E-state index contributed by atoms with van der Waals surface area (Å²) in [5.41, 5.74) is 1.49. The van der Waals surface area contributed by atoms with Crippen molar-refractivity contribution in [2.75, 3.05) is 13.7 Å². The maximum absolute atomic E-state index is 9.79. The smallest absolute Gasteiger partial charge is 0.203 e. The van der Waals surface area contributed by atoms with Crippen molar-refractivity contribution in [3.63, 3.8) is 0 Å². The second-order valence-electron chi connectivity index (χ2n) is 3.69. The number of hydrogen-bond acceptors (Lipinski definition) is 4. The van der Waals surface area contributed by atoms with Crippen LogP contribution in [0.4, 0.5) is 0 Å². The standard InChI is InChI=1S/C10H12N2O2/c1-6-7(2)9(13)12(3)10(5-14-10)8(6)4-11/h13H,5H2,1-3H3. The highest BCUT2D eigenvalue weighted by molar-refractivity contribution is 5.51. The van der Waals surface area contributed by atoms with Crippen molar-refractivity contribution in [1.82, 2.24) is 4.90 Å². The van der Waals surface area contributed by atoms with Crippen LogP contribution in [-0.4, -0.2) is 29.4 Å². The van der Waals surface area contributed by atoms with E-state index in [0.717, 1.165) is 11.1 Å². The molecule has 1 N–H and O–H groups in total. The molecule has 0 bridgehead atoms. The zero-order chi connectivity index (χ0) is 10.5. The maximum Gasteiger partial charge on any atom is 0.203 e. The molecule has 2 aliphatic rings. The molecular weight excluding hydrogens is 180 g/mol. The summed E-state index contributed by atoms with van der Waals surface area (Å²) in [6, 6.07) is 2.16. The van der Waals surface area contributed by atoms with Crippen LogP contribution in [0, 0.1) is 11.3 Å². The quantitative estimate of drug-likeness (QED) is 0.587. The lowest BCUT2D eigenvalue weighted by Crippen LogP contribution is -2.40. The molecule has 2 heterocycles. The lowest BCUT2D eigenvalue weighted by molar-refractivity contribution is 0.106. The van der Waals surface area contributed by atoms with Gasteiger partial charge in [-0.15, -0.1) is 0 Å². The summed E-state index contributed by atoms with van der Waals surface area (Å²) in [7, 11) is 1.73.